The number of hydrogen-bond donors (Lipinski definition) is 1. The Balaban J connectivity index is 1.78. The van der Waals surface area contributed by atoms with Gasteiger partial charge in [-0.25, -0.2) is 9.97 Å². The highest BCUT2D eigenvalue weighted by molar-refractivity contribution is 7.08. The summed E-state index contributed by atoms with van der Waals surface area (Å²) in [4.78, 5) is 25.6. The smallest absolute Gasteiger partial charge is 0.254 e. The highest BCUT2D eigenvalue weighted by atomic mass is 32.1. The molecule has 2 heterocycles. The SMILES string of the molecule is CN(C)CCCNc1nc(CN(C)C(=O)c2ccsc2)nc2ccccc12. The van der Waals surface area contributed by atoms with E-state index in [4.69, 9.17) is 4.98 Å². The van der Waals surface area contributed by atoms with Crippen LogP contribution in [-0.2, 0) is 6.54 Å². The Kier molecular flexibility index (Phi) is 6.36. The third-order valence-electron chi connectivity index (χ3n) is 4.22. The molecule has 0 atom stereocenters. The van der Waals surface area contributed by atoms with E-state index in [1.807, 2.05) is 41.1 Å². The van der Waals surface area contributed by atoms with E-state index in [0.717, 1.165) is 36.2 Å². The van der Waals surface area contributed by atoms with E-state index in [2.05, 4.69) is 29.3 Å². The number of anilines is 1. The first kappa shape index (κ1) is 19.3. The van der Waals surface area contributed by atoms with Crippen molar-refractivity contribution < 1.29 is 4.79 Å². The lowest BCUT2D eigenvalue weighted by atomic mass is 10.2. The molecule has 0 fully saturated rings. The number of nitrogens with zero attached hydrogens (tertiary/aromatic N) is 4. The van der Waals surface area contributed by atoms with Crippen LogP contribution in [0.15, 0.2) is 41.1 Å². The molecule has 0 bridgehead atoms. The molecule has 3 aromatic rings. The van der Waals surface area contributed by atoms with Gasteiger partial charge < -0.3 is 15.1 Å². The van der Waals surface area contributed by atoms with E-state index in [0.29, 0.717) is 17.9 Å². The first-order valence-electron chi connectivity index (χ1n) is 8.96. The third kappa shape index (κ3) is 5.02. The molecule has 0 spiro atoms. The number of para-hydroxylation sites is 1. The van der Waals surface area contributed by atoms with Crippen LogP contribution >= 0.6 is 11.3 Å². The lowest BCUT2D eigenvalue weighted by Crippen LogP contribution is -2.27. The van der Waals surface area contributed by atoms with Crippen LogP contribution in [0.2, 0.25) is 0 Å². The molecule has 1 N–H and O–H groups in total. The van der Waals surface area contributed by atoms with Crippen molar-refractivity contribution in [1.29, 1.82) is 0 Å². The van der Waals surface area contributed by atoms with Crippen LogP contribution in [0.1, 0.15) is 22.6 Å². The van der Waals surface area contributed by atoms with Crippen LogP contribution in [0.25, 0.3) is 10.9 Å². The molecule has 1 amide bonds. The highest BCUT2D eigenvalue weighted by Gasteiger charge is 2.15. The van der Waals surface area contributed by atoms with Gasteiger partial charge in [0.15, 0.2) is 5.82 Å². The summed E-state index contributed by atoms with van der Waals surface area (Å²) in [6.45, 7) is 2.22. The number of aromatic nitrogens is 2. The van der Waals surface area contributed by atoms with Gasteiger partial charge in [-0.15, -0.1) is 0 Å². The molecule has 6 nitrogen and oxygen atoms in total. The van der Waals surface area contributed by atoms with Crippen molar-refractivity contribution in [3.05, 3.63) is 52.5 Å². The van der Waals surface area contributed by atoms with E-state index in [9.17, 15) is 4.79 Å². The quantitative estimate of drug-likeness (QED) is 0.605. The maximum absolute atomic E-state index is 12.5. The van der Waals surface area contributed by atoms with Gasteiger partial charge in [0.1, 0.15) is 5.82 Å². The summed E-state index contributed by atoms with van der Waals surface area (Å²) in [5, 5.41) is 8.20. The van der Waals surface area contributed by atoms with Gasteiger partial charge in [-0.3, -0.25) is 4.79 Å². The molecule has 0 aliphatic heterocycles. The summed E-state index contributed by atoms with van der Waals surface area (Å²) in [6, 6.07) is 9.79. The van der Waals surface area contributed by atoms with E-state index in [1.54, 1.807) is 11.9 Å². The number of benzene rings is 1. The minimum Gasteiger partial charge on any atom is -0.369 e. The fourth-order valence-electron chi connectivity index (χ4n) is 2.82. The number of fused-ring (bicyclic) bond motifs is 1. The normalized spacial score (nSPS) is 11.1. The van der Waals surface area contributed by atoms with E-state index in [1.165, 1.54) is 11.3 Å². The number of rotatable bonds is 8. The number of thiophene rings is 1. The fourth-order valence-corrected chi connectivity index (χ4v) is 3.45. The maximum Gasteiger partial charge on any atom is 0.254 e. The highest BCUT2D eigenvalue weighted by Crippen LogP contribution is 2.21. The monoisotopic (exact) mass is 383 g/mol. The third-order valence-corrected chi connectivity index (χ3v) is 4.90. The minimum absolute atomic E-state index is 0.0199. The van der Waals surface area contributed by atoms with Crippen LogP contribution in [0.3, 0.4) is 0 Å². The molecule has 0 radical (unpaired) electrons. The Bertz CT molecular complexity index is 895. The number of nitrogens with one attached hydrogen (secondary N) is 1. The average molecular weight is 384 g/mol. The van der Waals surface area contributed by atoms with Gasteiger partial charge >= 0.3 is 0 Å². The average Bonchev–Trinajstić information content (AvgIpc) is 3.19. The number of hydrogen-bond acceptors (Lipinski definition) is 6. The molecule has 1 aromatic carbocycles. The summed E-state index contributed by atoms with van der Waals surface area (Å²) in [5.74, 6) is 1.44. The molecule has 0 unspecified atom stereocenters. The zero-order valence-corrected chi connectivity index (χ0v) is 16.8. The Morgan fingerprint density at radius 1 is 1.15 bits per heavy atom. The second-order valence-corrected chi connectivity index (χ2v) is 7.54. The molecule has 27 heavy (non-hydrogen) atoms. The number of carbonyl (C=O) groups excluding carboxylic acids is 1. The van der Waals surface area contributed by atoms with Crippen LogP contribution in [0.5, 0.6) is 0 Å². The van der Waals surface area contributed by atoms with Gasteiger partial charge in [-0.05, 0) is 50.6 Å². The number of amides is 1. The van der Waals surface area contributed by atoms with Crippen molar-refractivity contribution in [1.82, 2.24) is 19.8 Å². The summed E-state index contributed by atoms with van der Waals surface area (Å²) >= 11 is 1.52. The van der Waals surface area contributed by atoms with Gasteiger partial charge in [0.2, 0.25) is 0 Å². The lowest BCUT2D eigenvalue weighted by Gasteiger charge is -2.17. The Morgan fingerprint density at radius 2 is 1.96 bits per heavy atom. The fraction of sp³-hybridized carbons (Fsp3) is 0.350. The Morgan fingerprint density at radius 3 is 2.70 bits per heavy atom. The largest absolute Gasteiger partial charge is 0.369 e. The Labute approximate surface area is 163 Å². The Hall–Kier alpha value is -2.51. The second kappa shape index (κ2) is 8.92. The zero-order valence-electron chi connectivity index (χ0n) is 16.0. The lowest BCUT2D eigenvalue weighted by molar-refractivity contribution is 0.0782. The molecule has 142 valence electrons. The van der Waals surface area contributed by atoms with Gasteiger partial charge in [-0.2, -0.15) is 11.3 Å². The first-order chi connectivity index (χ1) is 13.0. The van der Waals surface area contributed by atoms with Crippen LogP contribution in [0.4, 0.5) is 5.82 Å². The second-order valence-electron chi connectivity index (χ2n) is 6.76. The molecule has 0 saturated carbocycles. The standard InChI is InChI=1S/C20H25N5OS/c1-24(2)11-6-10-21-19-16-7-4-5-8-17(16)22-18(23-19)13-25(3)20(26)15-9-12-27-14-15/h4-5,7-9,12,14H,6,10-11,13H2,1-3H3,(H,21,22,23). The predicted molar refractivity (Wildman–Crippen MR) is 111 cm³/mol. The maximum atomic E-state index is 12.5. The molecule has 0 aliphatic carbocycles. The zero-order chi connectivity index (χ0) is 19.2. The molecule has 0 aliphatic rings. The van der Waals surface area contributed by atoms with Gasteiger partial charge in [0, 0.05) is 24.4 Å². The van der Waals surface area contributed by atoms with Crippen molar-refractivity contribution in [3.63, 3.8) is 0 Å². The topological polar surface area (TPSA) is 61.4 Å². The molecule has 0 saturated heterocycles. The van der Waals surface area contributed by atoms with Crippen molar-refractivity contribution >= 4 is 34.0 Å². The summed E-state index contributed by atoms with van der Waals surface area (Å²) in [5.41, 5.74) is 1.58. The molecular formula is C20H25N5OS. The minimum atomic E-state index is -0.0199. The van der Waals surface area contributed by atoms with Gasteiger partial charge in [-0.1, -0.05) is 12.1 Å². The summed E-state index contributed by atoms with van der Waals surface area (Å²) in [7, 11) is 5.92. The summed E-state index contributed by atoms with van der Waals surface area (Å²) in [6.07, 6.45) is 1.03. The van der Waals surface area contributed by atoms with Crippen molar-refractivity contribution in [2.24, 2.45) is 0 Å². The van der Waals surface area contributed by atoms with Crippen LogP contribution in [0, 0.1) is 0 Å². The molecule has 7 heteroatoms. The van der Waals surface area contributed by atoms with Crippen LogP contribution < -0.4 is 5.32 Å². The van der Waals surface area contributed by atoms with Crippen molar-refractivity contribution in [3.8, 4) is 0 Å². The number of carbonyl (C=O) groups is 1. The molecule has 2 aromatic heterocycles. The van der Waals surface area contributed by atoms with Crippen molar-refractivity contribution in [2.45, 2.75) is 13.0 Å². The van der Waals surface area contributed by atoms with E-state index >= 15 is 0 Å². The molecule has 3 rings (SSSR count). The van der Waals surface area contributed by atoms with Crippen molar-refractivity contribution in [2.75, 3.05) is 39.5 Å². The molecular weight excluding hydrogens is 358 g/mol. The van der Waals surface area contributed by atoms with E-state index < -0.39 is 0 Å². The summed E-state index contributed by atoms with van der Waals surface area (Å²) < 4.78 is 0. The first-order valence-corrected chi connectivity index (χ1v) is 9.91. The van der Waals surface area contributed by atoms with Crippen LogP contribution in [-0.4, -0.2) is 59.9 Å². The van der Waals surface area contributed by atoms with E-state index in [-0.39, 0.29) is 5.91 Å². The van der Waals surface area contributed by atoms with Gasteiger partial charge in [0.25, 0.3) is 5.91 Å². The predicted octanol–water partition coefficient (Wildman–Crippen LogP) is 3.33. The van der Waals surface area contributed by atoms with Gasteiger partial charge in [0.05, 0.1) is 17.6 Å².